The van der Waals surface area contributed by atoms with Crippen LogP contribution in [0.2, 0.25) is 0 Å². The van der Waals surface area contributed by atoms with Gasteiger partial charge in [-0.15, -0.1) is 0 Å². The van der Waals surface area contributed by atoms with Gasteiger partial charge >= 0.3 is 0 Å². The summed E-state index contributed by atoms with van der Waals surface area (Å²) in [5, 5.41) is 2.96. The van der Waals surface area contributed by atoms with E-state index in [0.29, 0.717) is 44.2 Å². The van der Waals surface area contributed by atoms with Crippen molar-refractivity contribution in [1.82, 2.24) is 19.7 Å². The lowest BCUT2D eigenvalue weighted by molar-refractivity contribution is -0.135. The third-order valence-electron chi connectivity index (χ3n) is 5.55. The number of nitrogens with zero attached hydrogens (tertiary/aromatic N) is 3. The molecule has 3 rings (SSSR count). The number of amides is 3. The Balaban J connectivity index is 1.83. The van der Waals surface area contributed by atoms with Gasteiger partial charge in [-0.25, -0.2) is 0 Å². The molecule has 2 aliphatic rings. The number of likely N-dealkylation sites (N-methyl/N-ethyl adjacent to an activating group) is 1. The molecule has 7 heteroatoms. The van der Waals surface area contributed by atoms with Gasteiger partial charge in [0.1, 0.15) is 11.7 Å². The Bertz CT molecular complexity index is 706. The number of aromatic nitrogens is 1. The molecule has 1 N–H and O–H groups in total. The van der Waals surface area contributed by atoms with Gasteiger partial charge in [-0.05, 0) is 45.2 Å². The predicted molar refractivity (Wildman–Crippen MR) is 102 cm³/mol. The quantitative estimate of drug-likeness (QED) is 0.791. The van der Waals surface area contributed by atoms with Crippen LogP contribution in [-0.4, -0.2) is 63.8 Å². The fourth-order valence-corrected chi connectivity index (χ4v) is 3.87. The van der Waals surface area contributed by atoms with Crippen LogP contribution in [0.3, 0.4) is 0 Å². The van der Waals surface area contributed by atoms with Crippen LogP contribution >= 0.6 is 0 Å². The van der Waals surface area contributed by atoms with Crippen molar-refractivity contribution >= 4 is 17.7 Å². The van der Waals surface area contributed by atoms with Crippen molar-refractivity contribution in [3.63, 3.8) is 0 Å². The van der Waals surface area contributed by atoms with Gasteiger partial charge in [-0.3, -0.25) is 14.4 Å². The molecule has 1 saturated carbocycles. The van der Waals surface area contributed by atoms with E-state index < -0.39 is 6.04 Å². The smallest absolute Gasteiger partial charge is 0.271 e. The topological polar surface area (TPSA) is 74.7 Å². The molecule has 27 heavy (non-hydrogen) atoms. The molecule has 1 aromatic heterocycles. The van der Waals surface area contributed by atoms with Gasteiger partial charge in [-0.1, -0.05) is 6.92 Å². The highest BCUT2D eigenvalue weighted by Crippen LogP contribution is 2.36. The maximum atomic E-state index is 13.3. The summed E-state index contributed by atoms with van der Waals surface area (Å²) in [4.78, 5) is 41.6. The van der Waals surface area contributed by atoms with Gasteiger partial charge in [0.05, 0.1) is 0 Å². The van der Waals surface area contributed by atoms with E-state index in [2.05, 4.69) is 5.32 Å². The average molecular weight is 374 g/mol. The van der Waals surface area contributed by atoms with Crippen LogP contribution in [-0.2, 0) is 9.59 Å². The zero-order valence-electron chi connectivity index (χ0n) is 16.5. The standard InChI is InChI=1S/C20H30N4O3/c1-4-18(25)21-14-12-17(19(26)22(5-2)6-3)24(13-14)20(27)16-8-7-11-23(16)15-9-10-15/h7-8,11,14-15,17H,4-6,9-10,12-13H2,1-3H3,(H,21,25)/t14-,17+/m1/s1. The average Bonchev–Trinajstić information content (AvgIpc) is 3.24. The Kier molecular flexibility index (Phi) is 5.87. The highest BCUT2D eigenvalue weighted by Gasteiger charge is 2.42. The van der Waals surface area contributed by atoms with E-state index in [1.54, 1.807) is 16.7 Å². The molecule has 0 radical (unpaired) electrons. The maximum Gasteiger partial charge on any atom is 0.271 e. The number of hydrogen-bond donors (Lipinski definition) is 1. The number of nitrogens with one attached hydrogen (secondary N) is 1. The van der Waals surface area contributed by atoms with Crippen LogP contribution in [0.4, 0.5) is 0 Å². The number of carbonyl (C=O) groups is 3. The number of rotatable bonds is 7. The van der Waals surface area contributed by atoms with Gasteiger partial charge < -0.3 is 19.7 Å². The van der Waals surface area contributed by atoms with Gasteiger partial charge in [0.25, 0.3) is 5.91 Å². The van der Waals surface area contributed by atoms with Crippen LogP contribution in [0.1, 0.15) is 63.0 Å². The first kappa shape index (κ1) is 19.5. The Morgan fingerprint density at radius 2 is 1.89 bits per heavy atom. The molecule has 2 atom stereocenters. The zero-order valence-corrected chi connectivity index (χ0v) is 16.5. The lowest BCUT2D eigenvalue weighted by Crippen LogP contribution is -2.48. The minimum Gasteiger partial charge on any atom is -0.352 e. The molecule has 0 unspecified atom stereocenters. The lowest BCUT2D eigenvalue weighted by Gasteiger charge is -2.29. The van der Waals surface area contributed by atoms with Crippen LogP contribution < -0.4 is 5.32 Å². The highest BCUT2D eigenvalue weighted by atomic mass is 16.2. The lowest BCUT2D eigenvalue weighted by atomic mass is 10.1. The van der Waals surface area contributed by atoms with Crippen LogP contribution in [0.5, 0.6) is 0 Å². The fraction of sp³-hybridized carbons (Fsp3) is 0.650. The van der Waals surface area contributed by atoms with Crippen molar-refractivity contribution in [3.8, 4) is 0 Å². The second-order valence-electron chi connectivity index (χ2n) is 7.37. The third kappa shape index (κ3) is 4.01. The van der Waals surface area contributed by atoms with E-state index in [1.165, 1.54) is 0 Å². The SMILES string of the molecule is CCC(=O)N[C@@H]1C[C@@H](C(=O)N(CC)CC)N(C(=O)c2cccn2C2CC2)C1. The zero-order chi connectivity index (χ0) is 19.6. The molecule has 1 aliphatic heterocycles. The molecule has 2 fully saturated rings. The monoisotopic (exact) mass is 374 g/mol. The highest BCUT2D eigenvalue weighted by molar-refractivity contribution is 5.97. The van der Waals surface area contributed by atoms with E-state index in [1.807, 2.05) is 36.7 Å². The summed E-state index contributed by atoms with van der Waals surface area (Å²) >= 11 is 0. The first-order valence-electron chi connectivity index (χ1n) is 10.1. The molecule has 1 aliphatic carbocycles. The van der Waals surface area contributed by atoms with Crippen molar-refractivity contribution < 1.29 is 14.4 Å². The first-order valence-corrected chi connectivity index (χ1v) is 10.1. The van der Waals surface area contributed by atoms with E-state index in [9.17, 15) is 14.4 Å². The number of carbonyl (C=O) groups excluding carboxylic acids is 3. The summed E-state index contributed by atoms with van der Waals surface area (Å²) in [7, 11) is 0. The summed E-state index contributed by atoms with van der Waals surface area (Å²) in [5.74, 6) is -0.207. The molecule has 1 aromatic rings. The molecule has 1 saturated heterocycles. The normalized spacial score (nSPS) is 22.0. The van der Waals surface area contributed by atoms with Gasteiger partial charge in [0.2, 0.25) is 11.8 Å². The van der Waals surface area contributed by atoms with Crippen LogP contribution in [0.15, 0.2) is 18.3 Å². The fourth-order valence-electron chi connectivity index (χ4n) is 3.87. The first-order chi connectivity index (χ1) is 13.0. The molecular weight excluding hydrogens is 344 g/mol. The number of likely N-dealkylation sites (tertiary alicyclic amines) is 1. The molecule has 0 spiro atoms. The Morgan fingerprint density at radius 3 is 2.48 bits per heavy atom. The third-order valence-corrected chi connectivity index (χ3v) is 5.55. The van der Waals surface area contributed by atoms with Crippen molar-refractivity contribution in [2.45, 2.75) is 64.6 Å². The minimum atomic E-state index is -0.526. The van der Waals surface area contributed by atoms with E-state index in [-0.39, 0.29) is 23.8 Å². The molecular formula is C20H30N4O3. The molecule has 148 valence electrons. The van der Waals surface area contributed by atoms with Gasteiger partial charge in [0, 0.05) is 44.3 Å². The predicted octanol–water partition coefficient (Wildman–Crippen LogP) is 1.80. The maximum absolute atomic E-state index is 13.3. The van der Waals surface area contributed by atoms with Gasteiger partial charge in [0.15, 0.2) is 0 Å². The van der Waals surface area contributed by atoms with E-state index >= 15 is 0 Å². The summed E-state index contributed by atoms with van der Waals surface area (Å²) < 4.78 is 2.03. The molecule has 3 amide bonds. The summed E-state index contributed by atoms with van der Waals surface area (Å²) in [6, 6.07) is 3.41. The molecule has 2 heterocycles. The van der Waals surface area contributed by atoms with E-state index in [4.69, 9.17) is 0 Å². The molecule has 0 bridgehead atoms. The van der Waals surface area contributed by atoms with E-state index in [0.717, 1.165) is 12.8 Å². The summed E-state index contributed by atoms with van der Waals surface area (Å²) in [5.41, 5.74) is 0.636. The van der Waals surface area contributed by atoms with Crippen molar-refractivity contribution in [3.05, 3.63) is 24.0 Å². The largest absolute Gasteiger partial charge is 0.352 e. The Labute approximate surface area is 160 Å². The van der Waals surface area contributed by atoms with Crippen molar-refractivity contribution in [2.75, 3.05) is 19.6 Å². The molecule has 7 nitrogen and oxygen atoms in total. The molecule has 0 aromatic carbocycles. The van der Waals surface area contributed by atoms with Crippen molar-refractivity contribution in [2.24, 2.45) is 0 Å². The second kappa shape index (κ2) is 8.15. The summed E-state index contributed by atoms with van der Waals surface area (Å²) in [6.07, 6.45) is 4.98. The van der Waals surface area contributed by atoms with Crippen LogP contribution in [0.25, 0.3) is 0 Å². The number of hydrogen-bond acceptors (Lipinski definition) is 3. The minimum absolute atomic E-state index is 0.0360. The second-order valence-corrected chi connectivity index (χ2v) is 7.37. The summed E-state index contributed by atoms with van der Waals surface area (Å²) in [6.45, 7) is 7.27. The Morgan fingerprint density at radius 1 is 1.19 bits per heavy atom. The van der Waals surface area contributed by atoms with Gasteiger partial charge in [-0.2, -0.15) is 0 Å². The van der Waals surface area contributed by atoms with Crippen LogP contribution in [0, 0.1) is 0 Å². The Hall–Kier alpha value is -2.31. The van der Waals surface area contributed by atoms with Crippen molar-refractivity contribution in [1.29, 1.82) is 0 Å².